The van der Waals surface area contributed by atoms with Crippen LogP contribution in [0, 0.1) is 0 Å². The van der Waals surface area contributed by atoms with Crippen molar-refractivity contribution in [3.63, 3.8) is 0 Å². The Bertz CT molecular complexity index is 681. The van der Waals surface area contributed by atoms with Gasteiger partial charge in [-0.05, 0) is 18.1 Å². The summed E-state index contributed by atoms with van der Waals surface area (Å²) >= 11 is 1.21. The van der Waals surface area contributed by atoms with Crippen molar-refractivity contribution in [2.75, 3.05) is 11.9 Å². The molecule has 0 atom stereocenters. The first-order valence-electron chi connectivity index (χ1n) is 7.39. The van der Waals surface area contributed by atoms with Crippen LogP contribution in [0.3, 0.4) is 0 Å². The van der Waals surface area contributed by atoms with E-state index in [9.17, 15) is 9.59 Å². The van der Waals surface area contributed by atoms with Gasteiger partial charge in [-0.15, -0.1) is 0 Å². The standard InChI is InChI=1S/C17H19NO4S/c1-3-4-10-15(19)18(2)13-11-14(12-8-6-5-7-9-12)23-16(13)22-17(20)21/h5-9,11H,3-4,10H2,1-2H3,(H,20,21). The molecule has 5 nitrogen and oxygen atoms in total. The molecule has 2 rings (SSSR count). The Morgan fingerprint density at radius 3 is 2.57 bits per heavy atom. The second kappa shape index (κ2) is 7.78. The van der Waals surface area contributed by atoms with E-state index in [1.807, 2.05) is 37.3 Å². The molecule has 2 aromatic rings. The van der Waals surface area contributed by atoms with Gasteiger partial charge in [-0.25, -0.2) is 4.79 Å². The molecular formula is C17H19NO4S. The number of rotatable bonds is 6. The number of carbonyl (C=O) groups is 2. The zero-order valence-electron chi connectivity index (χ0n) is 13.1. The quantitative estimate of drug-likeness (QED) is 0.783. The average Bonchev–Trinajstić information content (AvgIpc) is 2.95. The van der Waals surface area contributed by atoms with Gasteiger partial charge in [0.05, 0.1) is 5.69 Å². The fourth-order valence-corrected chi connectivity index (χ4v) is 3.16. The van der Waals surface area contributed by atoms with Crippen molar-refractivity contribution in [1.82, 2.24) is 0 Å². The zero-order chi connectivity index (χ0) is 16.8. The van der Waals surface area contributed by atoms with Crippen LogP contribution < -0.4 is 9.64 Å². The Balaban J connectivity index is 2.34. The van der Waals surface area contributed by atoms with E-state index >= 15 is 0 Å². The Hall–Kier alpha value is -2.34. The number of carboxylic acid groups (broad SMARTS) is 1. The van der Waals surface area contributed by atoms with Crippen molar-refractivity contribution in [3.8, 4) is 15.5 Å². The molecule has 0 radical (unpaired) electrons. The molecule has 0 saturated carbocycles. The summed E-state index contributed by atoms with van der Waals surface area (Å²) in [5.41, 5.74) is 1.44. The molecule has 23 heavy (non-hydrogen) atoms. The molecule has 1 heterocycles. The van der Waals surface area contributed by atoms with E-state index in [-0.39, 0.29) is 11.0 Å². The van der Waals surface area contributed by atoms with Crippen LogP contribution in [0.25, 0.3) is 10.4 Å². The normalized spacial score (nSPS) is 10.3. The topological polar surface area (TPSA) is 66.8 Å². The van der Waals surface area contributed by atoms with Gasteiger partial charge in [0.2, 0.25) is 11.0 Å². The minimum absolute atomic E-state index is 0.0560. The van der Waals surface area contributed by atoms with Crippen molar-refractivity contribution in [2.24, 2.45) is 0 Å². The van der Waals surface area contributed by atoms with Crippen LogP contribution in [0.2, 0.25) is 0 Å². The number of thiophene rings is 1. The molecule has 122 valence electrons. The molecule has 0 aliphatic carbocycles. The number of amides is 1. The van der Waals surface area contributed by atoms with Gasteiger partial charge in [0.25, 0.3) is 0 Å². The lowest BCUT2D eigenvalue weighted by atomic mass is 10.2. The van der Waals surface area contributed by atoms with Crippen molar-refractivity contribution < 1.29 is 19.4 Å². The average molecular weight is 333 g/mol. The van der Waals surface area contributed by atoms with Crippen molar-refractivity contribution in [2.45, 2.75) is 26.2 Å². The summed E-state index contributed by atoms with van der Waals surface area (Å²) in [6, 6.07) is 11.4. The Kier molecular flexibility index (Phi) is 5.76. The molecule has 0 bridgehead atoms. The van der Waals surface area contributed by atoms with E-state index < -0.39 is 6.16 Å². The van der Waals surface area contributed by atoms with Crippen LogP contribution in [0.4, 0.5) is 10.5 Å². The van der Waals surface area contributed by atoms with Crippen molar-refractivity contribution >= 4 is 29.1 Å². The van der Waals surface area contributed by atoms with E-state index in [0.717, 1.165) is 23.3 Å². The van der Waals surface area contributed by atoms with Crippen LogP contribution in [0.1, 0.15) is 26.2 Å². The molecule has 0 spiro atoms. The largest absolute Gasteiger partial charge is 0.512 e. The number of unbranched alkanes of at least 4 members (excludes halogenated alkanes) is 1. The zero-order valence-corrected chi connectivity index (χ0v) is 13.9. The smallest absolute Gasteiger partial charge is 0.449 e. The number of ether oxygens (including phenoxy) is 1. The molecule has 1 amide bonds. The van der Waals surface area contributed by atoms with Gasteiger partial charge >= 0.3 is 6.16 Å². The predicted molar refractivity (Wildman–Crippen MR) is 91.3 cm³/mol. The van der Waals surface area contributed by atoms with E-state index in [1.165, 1.54) is 16.2 Å². The molecule has 1 N–H and O–H groups in total. The molecular weight excluding hydrogens is 314 g/mol. The fourth-order valence-electron chi connectivity index (χ4n) is 2.13. The van der Waals surface area contributed by atoms with Crippen molar-refractivity contribution in [3.05, 3.63) is 36.4 Å². The van der Waals surface area contributed by atoms with Gasteiger partial charge in [0, 0.05) is 18.3 Å². The maximum absolute atomic E-state index is 12.2. The van der Waals surface area contributed by atoms with Crippen LogP contribution >= 0.6 is 11.3 Å². The van der Waals surface area contributed by atoms with Gasteiger partial charge in [0.15, 0.2) is 0 Å². The monoisotopic (exact) mass is 333 g/mol. The van der Waals surface area contributed by atoms with Gasteiger partial charge in [-0.3, -0.25) is 4.79 Å². The molecule has 0 aliphatic heterocycles. The molecule has 0 unspecified atom stereocenters. The van der Waals surface area contributed by atoms with Crippen LogP contribution in [-0.4, -0.2) is 24.2 Å². The molecule has 1 aromatic carbocycles. The number of carbonyl (C=O) groups excluding carboxylic acids is 1. The van der Waals surface area contributed by atoms with Crippen LogP contribution in [-0.2, 0) is 4.79 Å². The lowest BCUT2D eigenvalue weighted by Crippen LogP contribution is -2.26. The highest BCUT2D eigenvalue weighted by Crippen LogP contribution is 2.42. The summed E-state index contributed by atoms with van der Waals surface area (Å²) in [6.45, 7) is 2.02. The molecule has 1 aromatic heterocycles. The van der Waals surface area contributed by atoms with Gasteiger partial charge < -0.3 is 14.7 Å². The number of hydrogen-bond acceptors (Lipinski definition) is 4. The minimum Gasteiger partial charge on any atom is -0.449 e. The van der Waals surface area contributed by atoms with Gasteiger partial charge in [-0.2, -0.15) is 0 Å². The highest BCUT2D eigenvalue weighted by molar-refractivity contribution is 7.18. The van der Waals surface area contributed by atoms with E-state index in [0.29, 0.717) is 12.1 Å². The SMILES string of the molecule is CCCCC(=O)N(C)c1cc(-c2ccccc2)sc1OC(=O)O. The first kappa shape index (κ1) is 17.0. The Morgan fingerprint density at radius 2 is 1.96 bits per heavy atom. The number of nitrogens with zero attached hydrogens (tertiary/aromatic N) is 1. The number of anilines is 1. The minimum atomic E-state index is -1.39. The second-order valence-corrected chi connectivity index (χ2v) is 6.09. The summed E-state index contributed by atoms with van der Waals surface area (Å²) in [5, 5.41) is 9.13. The Labute approximate surface area is 139 Å². The maximum atomic E-state index is 12.2. The highest BCUT2D eigenvalue weighted by Gasteiger charge is 2.21. The third-order valence-corrected chi connectivity index (χ3v) is 4.45. The van der Waals surface area contributed by atoms with E-state index in [4.69, 9.17) is 9.84 Å². The number of benzene rings is 1. The molecule has 0 aliphatic rings. The van der Waals surface area contributed by atoms with E-state index in [2.05, 4.69) is 0 Å². The predicted octanol–water partition coefficient (Wildman–Crippen LogP) is 4.62. The van der Waals surface area contributed by atoms with Crippen LogP contribution in [0.15, 0.2) is 36.4 Å². The van der Waals surface area contributed by atoms with E-state index in [1.54, 1.807) is 13.1 Å². The third-order valence-electron chi connectivity index (χ3n) is 3.40. The summed E-state index contributed by atoms with van der Waals surface area (Å²) in [5.74, 6) is -0.0560. The summed E-state index contributed by atoms with van der Waals surface area (Å²) in [4.78, 5) is 25.4. The summed E-state index contributed by atoms with van der Waals surface area (Å²) in [7, 11) is 1.64. The summed E-state index contributed by atoms with van der Waals surface area (Å²) < 4.78 is 4.86. The molecule has 0 fully saturated rings. The third kappa shape index (κ3) is 4.32. The lowest BCUT2D eigenvalue weighted by molar-refractivity contribution is -0.118. The van der Waals surface area contributed by atoms with Gasteiger partial charge in [0.1, 0.15) is 0 Å². The molecule has 6 heteroatoms. The number of hydrogen-bond donors (Lipinski definition) is 1. The second-order valence-electron chi connectivity index (χ2n) is 5.07. The van der Waals surface area contributed by atoms with Crippen LogP contribution in [0.5, 0.6) is 5.06 Å². The first-order chi connectivity index (χ1) is 11.0. The van der Waals surface area contributed by atoms with Gasteiger partial charge in [-0.1, -0.05) is 55.0 Å². The Morgan fingerprint density at radius 1 is 1.26 bits per heavy atom. The highest BCUT2D eigenvalue weighted by atomic mass is 32.1. The molecule has 0 saturated heterocycles. The first-order valence-corrected chi connectivity index (χ1v) is 8.21. The fraction of sp³-hybridized carbons (Fsp3) is 0.294. The lowest BCUT2D eigenvalue weighted by Gasteiger charge is -2.16. The maximum Gasteiger partial charge on any atom is 0.512 e. The van der Waals surface area contributed by atoms with Crippen molar-refractivity contribution in [1.29, 1.82) is 0 Å². The summed E-state index contributed by atoms with van der Waals surface area (Å²) in [6.07, 6.45) is 0.767.